The SMILES string of the molecule is Cc1ccc(N2CC(C)Cn3c2nc2c3c(=O)n(CCC(C)C)c(=O)n2C)cc1. The Bertz CT molecular complexity index is 1170. The van der Waals surface area contributed by atoms with E-state index in [-0.39, 0.29) is 11.2 Å². The number of anilines is 2. The minimum Gasteiger partial charge on any atom is -0.312 e. The highest BCUT2D eigenvalue weighted by Crippen LogP contribution is 2.32. The average Bonchev–Trinajstić information content (AvgIpc) is 3.05. The molecule has 0 aliphatic carbocycles. The maximum absolute atomic E-state index is 13.3. The molecule has 0 spiro atoms. The molecule has 0 fully saturated rings. The van der Waals surface area contributed by atoms with Gasteiger partial charge in [-0.15, -0.1) is 0 Å². The third kappa shape index (κ3) is 3.28. The molecule has 0 bridgehead atoms. The van der Waals surface area contributed by atoms with Crippen LogP contribution in [-0.2, 0) is 20.1 Å². The van der Waals surface area contributed by atoms with Crippen LogP contribution in [0.3, 0.4) is 0 Å². The van der Waals surface area contributed by atoms with Gasteiger partial charge in [-0.3, -0.25) is 13.9 Å². The van der Waals surface area contributed by atoms with E-state index < -0.39 is 0 Å². The first-order chi connectivity index (χ1) is 13.8. The van der Waals surface area contributed by atoms with Gasteiger partial charge in [0, 0.05) is 32.4 Å². The van der Waals surface area contributed by atoms with E-state index in [0.717, 1.165) is 24.6 Å². The number of rotatable bonds is 4. The zero-order valence-corrected chi connectivity index (χ0v) is 17.8. The molecule has 7 nitrogen and oxygen atoms in total. The lowest BCUT2D eigenvalue weighted by atomic mass is 10.1. The lowest BCUT2D eigenvalue weighted by Crippen LogP contribution is -2.40. The lowest BCUT2D eigenvalue weighted by Gasteiger charge is -2.33. The minimum atomic E-state index is -0.298. The van der Waals surface area contributed by atoms with E-state index in [9.17, 15) is 9.59 Å². The van der Waals surface area contributed by atoms with Gasteiger partial charge in [0.05, 0.1) is 0 Å². The number of aryl methyl sites for hydroxylation is 2. The average molecular weight is 396 g/mol. The zero-order chi connectivity index (χ0) is 20.9. The van der Waals surface area contributed by atoms with Crippen LogP contribution in [0.15, 0.2) is 33.9 Å². The summed E-state index contributed by atoms with van der Waals surface area (Å²) < 4.78 is 4.88. The predicted octanol–water partition coefficient (Wildman–Crippen LogP) is 3.04. The second-order valence-corrected chi connectivity index (χ2v) is 8.73. The Kier molecular flexibility index (Phi) is 4.84. The van der Waals surface area contributed by atoms with Gasteiger partial charge in [-0.25, -0.2) is 4.79 Å². The van der Waals surface area contributed by atoms with Gasteiger partial charge in [-0.1, -0.05) is 38.5 Å². The molecule has 1 atom stereocenters. The molecule has 1 aliphatic rings. The highest BCUT2D eigenvalue weighted by Gasteiger charge is 2.29. The zero-order valence-electron chi connectivity index (χ0n) is 17.8. The molecule has 3 aromatic rings. The number of hydrogen-bond acceptors (Lipinski definition) is 4. The van der Waals surface area contributed by atoms with E-state index in [1.807, 2.05) is 4.57 Å². The molecule has 0 radical (unpaired) electrons. The Balaban J connectivity index is 1.94. The molecule has 0 saturated heterocycles. The maximum Gasteiger partial charge on any atom is 0.332 e. The Morgan fingerprint density at radius 2 is 1.83 bits per heavy atom. The van der Waals surface area contributed by atoms with Crippen molar-refractivity contribution < 1.29 is 0 Å². The predicted molar refractivity (Wildman–Crippen MR) is 116 cm³/mol. The highest BCUT2D eigenvalue weighted by molar-refractivity contribution is 5.77. The summed E-state index contributed by atoms with van der Waals surface area (Å²) in [5, 5.41) is 0. The van der Waals surface area contributed by atoms with E-state index in [0.29, 0.717) is 36.1 Å². The van der Waals surface area contributed by atoms with Crippen LogP contribution in [0.25, 0.3) is 11.2 Å². The molecule has 1 aliphatic heterocycles. The van der Waals surface area contributed by atoms with E-state index in [1.165, 1.54) is 14.7 Å². The number of benzene rings is 1. The summed E-state index contributed by atoms with van der Waals surface area (Å²) in [7, 11) is 1.70. The number of nitrogens with zero attached hydrogens (tertiary/aromatic N) is 5. The molecular weight excluding hydrogens is 366 g/mol. The van der Waals surface area contributed by atoms with Gasteiger partial charge >= 0.3 is 5.69 Å². The summed E-state index contributed by atoms with van der Waals surface area (Å²) in [4.78, 5) is 33.1. The monoisotopic (exact) mass is 395 g/mol. The summed E-state index contributed by atoms with van der Waals surface area (Å²) in [5.41, 5.74) is 2.69. The molecule has 7 heteroatoms. The van der Waals surface area contributed by atoms with Crippen LogP contribution in [-0.4, -0.2) is 25.2 Å². The van der Waals surface area contributed by atoms with Crippen LogP contribution in [0.5, 0.6) is 0 Å². The van der Waals surface area contributed by atoms with Crippen LogP contribution in [0.2, 0.25) is 0 Å². The topological polar surface area (TPSA) is 65.1 Å². The molecule has 0 amide bonds. The summed E-state index contributed by atoms with van der Waals surface area (Å²) in [6, 6.07) is 8.32. The van der Waals surface area contributed by atoms with E-state index in [1.54, 1.807) is 7.05 Å². The second-order valence-electron chi connectivity index (χ2n) is 8.73. The van der Waals surface area contributed by atoms with E-state index in [4.69, 9.17) is 4.98 Å². The highest BCUT2D eigenvalue weighted by atomic mass is 16.2. The van der Waals surface area contributed by atoms with Crippen molar-refractivity contribution in [3.05, 3.63) is 50.7 Å². The summed E-state index contributed by atoms with van der Waals surface area (Å²) >= 11 is 0. The molecule has 3 heterocycles. The Hall–Kier alpha value is -2.83. The van der Waals surface area contributed by atoms with Crippen molar-refractivity contribution in [3.63, 3.8) is 0 Å². The van der Waals surface area contributed by atoms with Gasteiger partial charge in [0.15, 0.2) is 11.2 Å². The summed E-state index contributed by atoms with van der Waals surface area (Å²) in [6.45, 7) is 10.4. The maximum atomic E-state index is 13.3. The molecule has 4 rings (SSSR count). The normalized spacial score (nSPS) is 16.6. The largest absolute Gasteiger partial charge is 0.332 e. The molecular formula is C22H29N5O2. The Labute approximate surface area is 170 Å². The fourth-order valence-electron chi connectivity index (χ4n) is 4.03. The van der Waals surface area contributed by atoms with Crippen LogP contribution in [0.4, 0.5) is 11.6 Å². The molecule has 29 heavy (non-hydrogen) atoms. The van der Waals surface area contributed by atoms with Crippen LogP contribution in [0, 0.1) is 18.8 Å². The van der Waals surface area contributed by atoms with E-state index in [2.05, 4.69) is 56.9 Å². The van der Waals surface area contributed by atoms with Crippen LogP contribution in [0.1, 0.15) is 32.8 Å². The van der Waals surface area contributed by atoms with Gasteiger partial charge in [0.25, 0.3) is 5.56 Å². The molecule has 0 N–H and O–H groups in total. The number of aromatic nitrogens is 4. The van der Waals surface area contributed by atoms with Crippen molar-refractivity contribution in [3.8, 4) is 0 Å². The fraction of sp³-hybridized carbons (Fsp3) is 0.500. The smallest absolute Gasteiger partial charge is 0.312 e. The Morgan fingerprint density at radius 1 is 1.14 bits per heavy atom. The van der Waals surface area contributed by atoms with Crippen LogP contribution >= 0.6 is 0 Å². The van der Waals surface area contributed by atoms with Crippen molar-refractivity contribution in [2.24, 2.45) is 18.9 Å². The van der Waals surface area contributed by atoms with Gasteiger partial charge < -0.3 is 9.47 Å². The van der Waals surface area contributed by atoms with Crippen molar-refractivity contribution in [2.45, 2.75) is 47.2 Å². The van der Waals surface area contributed by atoms with Crippen molar-refractivity contribution in [2.75, 3.05) is 11.4 Å². The number of hydrogen-bond donors (Lipinski definition) is 0. The van der Waals surface area contributed by atoms with Crippen molar-refractivity contribution in [1.82, 2.24) is 18.7 Å². The fourth-order valence-corrected chi connectivity index (χ4v) is 4.03. The molecule has 0 saturated carbocycles. The second kappa shape index (κ2) is 7.21. The molecule has 154 valence electrons. The molecule has 1 unspecified atom stereocenters. The quantitative estimate of drug-likeness (QED) is 0.681. The Morgan fingerprint density at radius 3 is 2.48 bits per heavy atom. The molecule has 2 aromatic heterocycles. The lowest BCUT2D eigenvalue weighted by molar-refractivity contribution is 0.455. The van der Waals surface area contributed by atoms with Gasteiger partial charge in [-0.05, 0) is 37.3 Å². The summed E-state index contributed by atoms with van der Waals surface area (Å²) in [5.74, 6) is 1.50. The van der Waals surface area contributed by atoms with Gasteiger partial charge in [-0.2, -0.15) is 4.98 Å². The van der Waals surface area contributed by atoms with E-state index >= 15 is 0 Å². The summed E-state index contributed by atoms with van der Waals surface area (Å²) in [6.07, 6.45) is 0.785. The first kappa shape index (κ1) is 19.5. The number of imidazole rings is 1. The minimum absolute atomic E-state index is 0.236. The van der Waals surface area contributed by atoms with Crippen LogP contribution < -0.4 is 16.1 Å². The van der Waals surface area contributed by atoms with Gasteiger partial charge in [0.1, 0.15) is 0 Å². The first-order valence-corrected chi connectivity index (χ1v) is 10.3. The first-order valence-electron chi connectivity index (χ1n) is 10.3. The standard InChI is InChI=1S/C22H29N5O2/c1-14(2)10-11-25-20(28)18-19(24(5)22(25)29)23-21-26(12-16(4)13-27(18)21)17-8-6-15(3)7-9-17/h6-9,14,16H,10-13H2,1-5H3. The van der Waals surface area contributed by atoms with Gasteiger partial charge in [0.2, 0.25) is 5.95 Å². The van der Waals surface area contributed by atoms with Crippen molar-refractivity contribution in [1.29, 1.82) is 0 Å². The molecule has 1 aromatic carbocycles. The van der Waals surface area contributed by atoms with Crippen molar-refractivity contribution >= 4 is 22.8 Å². The third-order valence-electron chi connectivity index (χ3n) is 5.72. The number of fused-ring (bicyclic) bond motifs is 3. The third-order valence-corrected chi connectivity index (χ3v) is 5.72.